The molecule has 0 spiro atoms. The molecule has 0 aromatic heterocycles. The average molecular weight is 394 g/mol. The fraction of sp³-hybridized carbons (Fsp3) is 0.316. The maximum atomic E-state index is 12.3. The lowest BCUT2D eigenvalue weighted by atomic mass is 10.2. The first-order valence-electron chi connectivity index (χ1n) is 8.45. The molecule has 3 rings (SSSR count). The molecule has 26 heavy (non-hydrogen) atoms. The van der Waals surface area contributed by atoms with E-state index in [1.807, 2.05) is 37.3 Å². The van der Waals surface area contributed by atoms with Gasteiger partial charge in [-0.15, -0.1) is 0 Å². The van der Waals surface area contributed by atoms with E-state index < -0.39 is 0 Å². The summed E-state index contributed by atoms with van der Waals surface area (Å²) < 4.78 is 5.40. The number of nitrogens with zero attached hydrogens (tertiary/aromatic N) is 1. The van der Waals surface area contributed by atoms with Gasteiger partial charge >= 0.3 is 0 Å². The van der Waals surface area contributed by atoms with E-state index in [1.54, 1.807) is 6.07 Å². The highest BCUT2D eigenvalue weighted by atomic mass is 35.5. The number of benzene rings is 2. The Bertz CT molecular complexity index is 792. The molecule has 1 fully saturated rings. The lowest BCUT2D eigenvalue weighted by Crippen LogP contribution is -2.36. The zero-order valence-corrected chi connectivity index (χ0v) is 16.0. The molecule has 0 radical (unpaired) electrons. The number of morpholine rings is 1. The van der Waals surface area contributed by atoms with E-state index in [4.69, 9.17) is 27.9 Å². The van der Waals surface area contributed by atoms with Gasteiger partial charge in [-0.25, -0.2) is 0 Å². The Morgan fingerprint density at radius 2 is 1.88 bits per heavy atom. The van der Waals surface area contributed by atoms with Crippen molar-refractivity contribution >= 4 is 46.2 Å². The van der Waals surface area contributed by atoms with E-state index in [0.29, 0.717) is 28.9 Å². The predicted octanol–water partition coefficient (Wildman–Crippen LogP) is 4.19. The standard InChI is InChI=1S/C19H21Cl2N3O2/c1-13-2-4-16(15(21)10-13)23-19(25)12-22-17-11-14(20)3-5-18(17)24-6-8-26-9-7-24/h2-5,10-11,22H,6-9,12H2,1H3,(H,23,25). The van der Waals surface area contributed by atoms with Gasteiger partial charge in [0.25, 0.3) is 0 Å². The van der Waals surface area contributed by atoms with Crippen LogP contribution < -0.4 is 15.5 Å². The summed E-state index contributed by atoms with van der Waals surface area (Å²) in [6, 6.07) is 11.2. The highest BCUT2D eigenvalue weighted by molar-refractivity contribution is 6.33. The topological polar surface area (TPSA) is 53.6 Å². The van der Waals surface area contributed by atoms with E-state index >= 15 is 0 Å². The highest BCUT2D eigenvalue weighted by Crippen LogP contribution is 2.30. The lowest BCUT2D eigenvalue weighted by molar-refractivity contribution is -0.114. The van der Waals surface area contributed by atoms with Crippen molar-refractivity contribution in [2.45, 2.75) is 6.92 Å². The third kappa shape index (κ3) is 4.81. The number of nitrogens with one attached hydrogen (secondary N) is 2. The molecule has 1 saturated heterocycles. The van der Waals surface area contributed by atoms with Crippen LogP contribution in [0.15, 0.2) is 36.4 Å². The zero-order valence-electron chi connectivity index (χ0n) is 14.5. The van der Waals surface area contributed by atoms with Crippen LogP contribution in [-0.2, 0) is 9.53 Å². The maximum Gasteiger partial charge on any atom is 0.243 e. The molecule has 0 unspecified atom stereocenters. The number of amides is 1. The molecule has 1 aliphatic heterocycles. The van der Waals surface area contributed by atoms with Crippen LogP contribution in [-0.4, -0.2) is 38.8 Å². The molecule has 5 nitrogen and oxygen atoms in total. The summed E-state index contributed by atoms with van der Waals surface area (Å²) in [5.41, 5.74) is 3.48. The fourth-order valence-corrected chi connectivity index (χ4v) is 3.28. The number of rotatable bonds is 5. The molecular formula is C19H21Cl2N3O2. The number of carbonyl (C=O) groups is 1. The van der Waals surface area contributed by atoms with Crippen molar-refractivity contribution in [1.82, 2.24) is 0 Å². The normalized spacial score (nSPS) is 14.2. The van der Waals surface area contributed by atoms with Crippen molar-refractivity contribution in [3.8, 4) is 0 Å². The van der Waals surface area contributed by atoms with Gasteiger partial charge in [0.15, 0.2) is 0 Å². The van der Waals surface area contributed by atoms with Crippen molar-refractivity contribution in [2.75, 3.05) is 48.4 Å². The Labute approximate surface area is 163 Å². The summed E-state index contributed by atoms with van der Waals surface area (Å²) >= 11 is 12.3. The van der Waals surface area contributed by atoms with Crippen molar-refractivity contribution in [3.63, 3.8) is 0 Å². The first-order chi connectivity index (χ1) is 12.5. The SMILES string of the molecule is Cc1ccc(NC(=O)CNc2cc(Cl)ccc2N2CCOCC2)c(Cl)c1. The summed E-state index contributed by atoms with van der Waals surface area (Å²) in [6.45, 7) is 5.05. The number of carbonyl (C=O) groups excluding carboxylic acids is 1. The molecule has 1 aliphatic rings. The van der Waals surface area contributed by atoms with Crippen molar-refractivity contribution in [2.24, 2.45) is 0 Å². The molecule has 2 N–H and O–H groups in total. The van der Waals surface area contributed by atoms with E-state index in [0.717, 1.165) is 30.0 Å². The van der Waals surface area contributed by atoms with Crippen LogP contribution in [0.2, 0.25) is 10.0 Å². The summed E-state index contributed by atoms with van der Waals surface area (Å²) in [5, 5.41) is 7.14. The van der Waals surface area contributed by atoms with Gasteiger partial charge in [0.2, 0.25) is 5.91 Å². The first-order valence-corrected chi connectivity index (χ1v) is 9.20. The van der Waals surface area contributed by atoms with E-state index in [-0.39, 0.29) is 12.5 Å². The fourth-order valence-electron chi connectivity index (χ4n) is 2.82. The smallest absolute Gasteiger partial charge is 0.243 e. The third-order valence-corrected chi connectivity index (χ3v) is 4.70. The van der Waals surface area contributed by atoms with E-state index in [9.17, 15) is 4.79 Å². The van der Waals surface area contributed by atoms with Gasteiger partial charge in [-0.3, -0.25) is 4.79 Å². The molecule has 7 heteroatoms. The van der Waals surface area contributed by atoms with Crippen molar-refractivity contribution in [3.05, 3.63) is 52.0 Å². The van der Waals surface area contributed by atoms with E-state index in [2.05, 4.69) is 15.5 Å². The largest absolute Gasteiger partial charge is 0.378 e. The van der Waals surface area contributed by atoms with Gasteiger partial charge in [0.05, 0.1) is 41.8 Å². The lowest BCUT2D eigenvalue weighted by Gasteiger charge is -2.30. The number of halogens is 2. The zero-order chi connectivity index (χ0) is 18.5. The predicted molar refractivity (Wildman–Crippen MR) is 108 cm³/mol. The maximum absolute atomic E-state index is 12.3. The summed E-state index contributed by atoms with van der Waals surface area (Å²) in [6.07, 6.45) is 0. The third-order valence-electron chi connectivity index (χ3n) is 4.15. The van der Waals surface area contributed by atoms with Crippen LogP contribution in [0, 0.1) is 6.92 Å². The molecule has 0 aliphatic carbocycles. The quantitative estimate of drug-likeness (QED) is 0.799. The molecule has 0 bridgehead atoms. The Hall–Kier alpha value is -1.95. The summed E-state index contributed by atoms with van der Waals surface area (Å²) in [4.78, 5) is 14.5. The number of hydrogen-bond acceptors (Lipinski definition) is 4. The minimum Gasteiger partial charge on any atom is -0.378 e. The number of ether oxygens (including phenoxy) is 1. The van der Waals surface area contributed by atoms with Gasteiger partial charge in [0.1, 0.15) is 0 Å². The Morgan fingerprint density at radius 3 is 2.62 bits per heavy atom. The van der Waals surface area contributed by atoms with E-state index in [1.165, 1.54) is 0 Å². The van der Waals surface area contributed by atoms with Gasteiger partial charge in [-0.05, 0) is 42.8 Å². The second-order valence-corrected chi connectivity index (χ2v) is 6.99. The molecule has 1 amide bonds. The van der Waals surface area contributed by atoms with Gasteiger partial charge in [-0.1, -0.05) is 29.3 Å². The summed E-state index contributed by atoms with van der Waals surface area (Å²) in [7, 11) is 0. The van der Waals surface area contributed by atoms with Crippen LogP contribution in [0.25, 0.3) is 0 Å². The monoisotopic (exact) mass is 393 g/mol. The van der Waals surface area contributed by atoms with Crippen molar-refractivity contribution in [1.29, 1.82) is 0 Å². The molecule has 0 saturated carbocycles. The molecule has 0 atom stereocenters. The van der Waals surface area contributed by atoms with Gasteiger partial charge < -0.3 is 20.3 Å². The minimum atomic E-state index is -0.177. The highest BCUT2D eigenvalue weighted by Gasteiger charge is 2.16. The van der Waals surface area contributed by atoms with Crippen LogP contribution in [0.3, 0.4) is 0 Å². The Balaban J connectivity index is 1.66. The minimum absolute atomic E-state index is 0.113. The molecule has 2 aromatic carbocycles. The van der Waals surface area contributed by atoms with Crippen LogP contribution in [0.1, 0.15) is 5.56 Å². The first kappa shape index (κ1) is 18.8. The molecule has 2 aromatic rings. The van der Waals surface area contributed by atoms with Crippen LogP contribution >= 0.6 is 23.2 Å². The van der Waals surface area contributed by atoms with Crippen LogP contribution in [0.4, 0.5) is 17.1 Å². The number of hydrogen-bond donors (Lipinski definition) is 2. The molecular weight excluding hydrogens is 373 g/mol. The average Bonchev–Trinajstić information content (AvgIpc) is 2.63. The Morgan fingerprint density at radius 1 is 1.12 bits per heavy atom. The second-order valence-electron chi connectivity index (χ2n) is 6.15. The Kier molecular flexibility index (Phi) is 6.25. The number of aryl methyl sites for hydroxylation is 1. The molecule has 138 valence electrons. The van der Waals surface area contributed by atoms with Gasteiger partial charge in [-0.2, -0.15) is 0 Å². The number of anilines is 3. The summed E-state index contributed by atoms with van der Waals surface area (Å²) in [5.74, 6) is -0.177. The van der Waals surface area contributed by atoms with Crippen LogP contribution in [0.5, 0.6) is 0 Å². The van der Waals surface area contributed by atoms with Gasteiger partial charge in [0, 0.05) is 18.1 Å². The molecule has 1 heterocycles. The van der Waals surface area contributed by atoms with Crippen molar-refractivity contribution < 1.29 is 9.53 Å². The second kappa shape index (κ2) is 8.62.